The number of hydrogen-bond acceptors (Lipinski definition) is 27. The fourth-order valence-electron chi connectivity index (χ4n) is 14.7. The number of hydrogen-bond donors (Lipinski definition) is 0. The second-order valence-electron chi connectivity index (χ2n) is 30.9. The van der Waals surface area contributed by atoms with Crippen LogP contribution in [0.4, 0.5) is 0 Å². The number of fused-ring (bicyclic) bond motifs is 1. The average Bonchev–Trinajstić information content (AvgIpc) is 0.745. The van der Waals surface area contributed by atoms with Crippen molar-refractivity contribution in [2.45, 2.75) is 175 Å². The zero-order chi connectivity index (χ0) is 85.9. The van der Waals surface area contributed by atoms with Crippen LogP contribution in [0.5, 0.6) is 5.75 Å². The van der Waals surface area contributed by atoms with Crippen LogP contribution in [0.15, 0.2) is 272 Å². The summed E-state index contributed by atoms with van der Waals surface area (Å²) in [6.07, 6.45) is -33.0. The summed E-state index contributed by atoms with van der Waals surface area (Å²) in [5.74, 6) is -5.85. The quantitative estimate of drug-likeness (QED) is 0.00972. The first kappa shape index (κ1) is 87.5. The number of rotatable bonds is 31. The van der Waals surface area contributed by atoms with E-state index in [2.05, 4.69) is 29.7 Å². The van der Waals surface area contributed by atoms with Crippen molar-refractivity contribution in [2.24, 2.45) is 5.11 Å². The summed E-state index contributed by atoms with van der Waals surface area (Å²) >= 11 is 0. The Labute approximate surface area is 710 Å². The van der Waals surface area contributed by atoms with Crippen molar-refractivity contribution < 1.29 is 124 Å². The molecule has 29 nitrogen and oxygen atoms in total. The maximum absolute atomic E-state index is 15.4. The Bertz CT molecular complexity index is 5030. The van der Waals surface area contributed by atoms with Crippen LogP contribution in [0.2, 0.25) is 25.7 Å². The Hall–Kier alpha value is -11.8. The molecule has 9 aromatic carbocycles. The number of methoxy groups -OCH3 is 1. The van der Waals surface area contributed by atoms with Gasteiger partial charge < -0.3 is 90.0 Å². The smallest absolute Gasteiger partial charge is 0.338 e. The molecule has 640 valence electrons. The lowest BCUT2D eigenvalue weighted by Crippen LogP contribution is -2.69. The van der Waals surface area contributed by atoms with Gasteiger partial charge in [-0.3, -0.25) is 0 Å². The Morgan fingerprint density at radius 3 is 1.22 bits per heavy atom. The van der Waals surface area contributed by atoms with Crippen molar-refractivity contribution in [3.63, 3.8) is 0 Å². The number of carbonyl (C=O) groups excluding carboxylic acids is 7. The highest BCUT2D eigenvalue weighted by Gasteiger charge is 2.61. The standard InChI is InChI=1S/C93H93N3O26Si/c1-56-71(113-83(98)60-33-17-8-18-34-60)76(80(91(109-56)105-51-52-123(4,5)6)117-87(102)64-41-25-12-26-42-64)122-93-81(118-88(103)65-43-27-13-28-44-65)77(72(57(2)110-93)114-84(99)61-35-19-9-20-36-61)121-90-70(95-96-94)75(73-69(111-90)55-108-89(119-73)66-45-29-14-30-46-66)120-92-79(106-53-58-47-49-67(104-3)50-48-58)78(116-86(101)63-39-23-11-24-40-63)74(115-85(100)62-37-21-10-22-38-62)68(112-92)54-107-82(97)59-31-15-7-16-32-59/h7-50,56-57,68-81,89-93H,51-55H2,1-6H3/t56-,57-,68+,69+,70+,71-,72-,73+,74-,75+,76+,77+,78-,79+,80+,81+,89+,90+,91+,92+,93-/m0/s1. The normalized spacial score (nSPS) is 27.3. The molecular weight excluding hydrogens is 1600 g/mol. The van der Waals surface area contributed by atoms with Crippen LogP contribution < -0.4 is 4.74 Å². The second kappa shape index (κ2) is 41.4. The van der Waals surface area contributed by atoms with Crippen molar-refractivity contribution in [1.82, 2.24) is 0 Å². The molecule has 5 aliphatic heterocycles. The minimum Gasteiger partial charge on any atom is -0.497 e. The fourth-order valence-corrected chi connectivity index (χ4v) is 15.4. The van der Waals surface area contributed by atoms with Gasteiger partial charge in [-0.2, -0.15) is 0 Å². The summed E-state index contributed by atoms with van der Waals surface area (Å²) in [6, 6.07) is 70.2. The molecule has 0 aliphatic carbocycles. The summed E-state index contributed by atoms with van der Waals surface area (Å²) in [5.41, 5.74) is 12.8. The lowest BCUT2D eigenvalue weighted by molar-refractivity contribution is -0.394. The van der Waals surface area contributed by atoms with E-state index in [1.54, 1.807) is 189 Å². The number of benzene rings is 9. The van der Waals surface area contributed by atoms with Crippen LogP contribution in [-0.2, 0) is 91.9 Å². The van der Waals surface area contributed by atoms with Crippen molar-refractivity contribution in [3.05, 3.63) is 327 Å². The highest BCUT2D eigenvalue weighted by atomic mass is 28.3. The molecule has 0 bridgehead atoms. The van der Waals surface area contributed by atoms with Gasteiger partial charge in [0.05, 0.1) is 71.5 Å². The monoisotopic (exact) mass is 1700 g/mol. The molecular formula is C93H93N3O26Si. The number of carbonyl (C=O) groups is 7. The maximum Gasteiger partial charge on any atom is 0.338 e. The molecule has 5 heterocycles. The molecule has 9 aromatic rings. The third kappa shape index (κ3) is 22.2. The van der Waals surface area contributed by atoms with E-state index in [0.29, 0.717) is 22.9 Å². The number of nitrogens with zero attached hydrogens (tertiary/aromatic N) is 3. The molecule has 123 heavy (non-hydrogen) atoms. The van der Waals surface area contributed by atoms with Crippen molar-refractivity contribution in [3.8, 4) is 5.75 Å². The van der Waals surface area contributed by atoms with Crippen molar-refractivity contribution in [2.75, 3.05) is 26.9 Å². The lowest BCUT2D eigenvalue weighted by Gasteiger charge is -2.52. The van der Waals surface area contributed by atoms with Crippen LogP contribution in [0, 0.1) is 0 Å². The molecule has 14 rings (SSSR count). The highest BCUT2D eigenvalue weighted by Crippen LogP contribution is 2.44. The minimum atomic E-state index is -2.01. The zero-order valence-electron chi connectivity index (χ0n) is 68.0. The maximum atomic E-state index is 15.4. The van der Waals surface area contributed by atoms with E-state index in [4.69, 9.17) is 90.0 Å². The van der Waals surface area contributed by atoms with Crippen LogP contribution in [0.3, 0.4) is 0 Å². The van der Waals surface area contributed by atoms with Gasteiger partial charge in [-0.25, -0.2) is 33.6 Å². The lowest BCUT2D eigenvalue weighted by atomic mass is 9.93. The highest BCUT2D eigenvalue weighted by molar-refractivity contribution is 6.76. The summed E-state index contributed by atoms with van der Waals surface area (Å²) in [7, 11) is -0.371. The van der Waals surface area contributed by atoms with Crippen LogP contribution in [0.25, 0.3) is 10.4 Å². The molecule has 0 spiro atoms. The Morgan fingerprint density at radius 2 is 0.780 bits per heavy atom. The largest absolute Gasteiger partial charge is 0.497 e. The molecule has 5 aliphatic rings. The molecule has 0 radical (unpaired) electrons. The predicted molar refractivity (Wildman–Crippen MR) is 440 cm³/mol. The van der Waals surface area contributed by atoms with E-state index in [1.807, 2.05) is 0 Å². The second-order valence-corrected chi connectivity index (χ2v) is 36.5. The molecule has 0 aromatic heterocycles. The Morgan fingerprint density at radius 1 is 0.398 bits per heavy atom. The van der Waals surface area contributed by atoms with Gasteiger partial charge in [0.15, 0.2) is 68.1 Å². The topological polar surface area (TPSA) is 344 Å². The first-order chi connectivity index (χ1) is 59.7. The van der Waals surface area contributed by atoms with Crippen LogP contribution in [0.1, 0.15) is 104 Å². The molecule has 5 saturated heterocycles. The zero-order valence-corrected chi connectivity index (χ0v) is 69.0. The molecule has 0 unspecified atom stereocenters. The summed E-state index contributed by atoms with van der Waals surface area (Å²) in [5, 5.41) is 4.44. The minimum absolute atomic E-state index is 0.0119. The third-order valence-electron chi connectivity index (χ3n) is 21.1. The number of azide groups is 1. The van der Waals surface area contributed by atoms with E-state index in [0.717, 1.165) is 0 Å². The van der Waals surface area contributed by atoms with Gasteiger partial charge in [0.2, 0.25) is 0 Å². The van der Waals surface area contributed by atoms with Gasteiger partial charge in [-0.05, 0) is 128 Å². The SMILES string of the molecule is COc1ccc(CO[C@H]2[C@@H](O[C@@H]3[C@@H](N=[N+]=[N-])[C@@H](O[C@@H]4[C@@H](OC(=O)c5ccccc5)[C@H](C)O[C@@H](O[C@@H]5[C@@H](OC(=O)c6ccccc6)[C@H](C)O[C@@H](OCC[Si](C)(C)C)[C@@H]5OC(=O)c5ccccc5)[C@@H]4OC(=O)c4ccccc4)O[C@@H]4CO[C@@H](c5ccccc5)O[C@@H]34)O[C@H](COC(=O)c3ccccc3)[C@H](OC(=O)c3ccccc3)[C@@H]2OC(=O)c2ccccc2)cc1. The van der Waals surface area contributed by atoms with Gasteiger partial charge in [0.1, 0.15) is 61.1 Å². The Balaban J connectivity index is 0.918. The third-order valence-corrected chi connectivity index (χ3v) is 22.8. The van der Waals surface area contributed by atoms with E-state index < -0.39 is 186 Å². The van der Waals surface area contributed by atoms with Gasteiger partial charge in [0.25, 0.3) is 0 Å². The van der Waals surface area contributed by atoms with Gasteiger partial charge in [-0.1, -0.05) is 195 Å². The van der Waals surface area contributed by atoms with Gasteiger partial charge >= 0.3 is 41.8 Å². The Kier molecular flexibility index (Phi) is 29.4. The van der Waals surface area contributed by atoms with Crippen LogP contribution in [-0.4, -0.2) is 200 Å². The van der Waals surface area contributed by atoms with E-state index >= 15 is 14.4 Å². The fraction of sp³-hybridized carbons (Fsp3) is 0.344. The summed E-state index contributed by atoms with van der Waals surface area (Å²) in [4.78, 5) is 107. The summed E-state index contributed by atoms with van der Waals surface area (Å²) in [6.45, 7) is 8.32. The van der Waals surface area contributed by atoms with Crippen molar-refractivity contribution >= 4 is 49.9 Å². The van der Waals surface area contributed by atoms with Gasteiger partial charge in [0, 0.05) is 25.2 Å². The molecule has 30 heteroatoms. The number of ether oxygens (including phenoxy) is 19. The molecule has 21 atom stereocenters. The molecule has 0 amide bonds. The van der Waals surface area contributed by atoms with E-state index in [-0.39, 0.29) is 58.8 Å². The molecule has 0 saturated carbocycles. The first-order valence-electron chi connectivity index (χ1n) is 40.3. The first-order valence-corrected chi connectivity index (χ1v) is 44.0. The molecule has 5 fully saturated rings. The molecule has 0 N–H and O–H groups in total. The number of esters is 7. The predicted octanol–water partition coefficient (Wildman–Crippen LogP) is 14.0. The van der Waals surface area contributed by atoms with Crippen LogP contribution >= 0.6 is 0 Å². The van der Waals surface area contributed by atoms with E-state index in [1.165, 1.54) is 99.0 Å². The van der Waals surface area contributed by atoms with E-state index in [9.17, 15) is 24.7 Å². The average molecular weight is 1700 g/mol. The van der Waals surface area contributed by atoms with Crippen molar-refractivity contribution in [1.29, 1.82) is 0 Å². The summed E-state index contributed by atoms with van der Waals surface area (Å²) < 4.78 is 128. The van der Waals surface area contributed by atoms with Gasteiger partial charge in [-0.15, -0.1) is 0 Å².